The van der Waals surface area contributed by atoms with Crippen molar-refractivity contribution in [3.8, 4) is 11.3 Å². The van der Waals surface area contributed by atoms with Gasteiger partial charge < -0.3 is 0 Å². The quantitative estimate of drug-likeness (QED) is 0.473. The Morgan fingerprint density at radius 1 is 1.07 bits per heavy atom. The number of aryl methyl sites for hydroxylation is 2. The number of aromatic nitrogens is 1. The van der Waals surface area contributed by atoms with Crippen molar-refractivity contribution < 1.29 is 4.57 Å². The predicted octanol–water partition coefficient (Wildman–Crippen LogP) is 6.31. The van der Waals surface area contributed by atoms with Crippen LogP contribution in [-0.2, 0) is 11.0 Å². The number of rotatable bonds is 2. The fourth-order valence-corrected chi connectivity index (χ4v) is 6.02. The zero-order valence-corrected chi connectivity index (χ0v) is 17.5. The number of hydrogen-bond donors (Lipinski definition) is 0. The lowest BCUT2D eigenvalue weighted by Gasteiger charge is -2.30. The van der Waals surface area contributed by atoms with Gasteiger partial charge in [0.25, 0.3) is 0 Å². The summed E-state index contributed by atoms with van der Waals surface area (Å²) in [4.78, 5) is 0. The third-order valence-electron chi connectivity index (χ3n) is 7.54. The van der Waals surface area contributed by atoms with Crippen LogP contribution < -0.4 is 4.57 Å². The fourth-order valence-electron chi connectivity index (χ4n) is 6.02. The van der Waals surface area contributed by atoms with Gasteiger partial charge in [0.15, 0.2) is 11.7 Å². The number of fused-ring (bicyclic) bond motifs is 8. The Morgan fingerprint density at radius 3 is 2.56 bits per heavy atom. The van der Waals surface area contributed by atoms with E-state index < -0.39 is 0 Å². The molecule has 0 spiro atoms. The van der Waals surface area contributed by atoms with Crippen LogP contribution in [0.3, 0.4) is 0 Å². The second-order valence-corrected chi connectivity index (χ2v) is 9.43. The average Bonchev–Trinajstić information content (AvgIpc) is 3.27. The molecule has 2 heterocycles. The van der Waals surface area contributed by atoms with Crippen molar-refractivity contribution in [1.29, 1.82) is 0 Å². The standard InChI is InChI=1S/C26H30N/c1-7-26-15-25(26,6)27-11-10-19-8-9-20(16(2)3)14-21(19)24(27)22-13-17(4)12-18(5)23(22)26/h8-14,16H,7,15H2,1-6H3/q+1. The number of hydrogen-bond acceptors (Lipinski definition) is 0. The van der Waals surface area contributed by atoms with Gasteiger partial charge in [0.1, 0.15) is 0 Å². The van der Waals surface area contributed by atoms with Crippen LogP contribution in [-0.4, -0.2) is 0 Å². The Balaban J connectivity index is 1.95. The zero-order valence-electron chi connectivity index (χ0n) is 17.5. The van der Waals surface area contributed by atoms with Crippen LogP contribution in [0.15, 0.2) is 42.6 Å². The molecule has 2 atom stereocenters. The predicted molar refractivity (Wildman–Crippen MR) is 113 cm³/mol. The molecule has 0 amide bonds. The molecule has 3 aromatic rings. The second-order valence-electron chi connectivity index (χ2n) is 9.43. The molecule has 1 aliphatic heterocycles. The van der Waals surface area contributed by atoms with Crippen LogP contribution in [0.25, 0.3) is 22.0 Å². The monoisotopic (exact) mass is 356 g/mol. The second kappa shape index (κ2) is 5.22. The molecule has 138 valence electrons. The van der Waals surface area contributed by atoms with E-state index in [0.717, 1.165) is 0 Å². The maximum Gasteiger partial charge on any atom is 0.221 e. The normalized spacial score (nSPS) is 25.3. The smallest absolute Gasteiger partial charge is 0.192 e. The highest BCUT2D eigenvalue weighted by molar-refractivity contribution is 5.95. The Kier molecular flexibility index (Phi) is 3.28. The molecule has 5 rings (SSSR count). The first-order valence-electron chi connectivity index (χ1n) is 10.4. The molecule has 2 unspecified atom stereocenters. The summed E-state index contributed by atoms with van der Waals surface area (Å²) < 4.78 is 2.62. The van der Waals surface area contributed by atoms with Gasteiger partial charge in [-0.05, 0) is 60.4 Å². The fraction of sp³-hybridized carbons (Fsp3) is 0.423. The van der Waals surface area contributed by atoms with Gasteiger partial charge in [0, 0.05) is 19.4 Å². The van der Waals surface area contributed by atoms with Crippen molar-refractivity contribution in [2.45, 2.75) is 71.3 Å². The van der Waals surface area contributed by atoms with E-state index in [1.165, 1.54) is 51.6 Å². The van der Waals surface area contributed by atoms with Crippen LogP contribution in [0, 0.1) is 13.8 Å². The minimum absolute atomic E-state index is 0.201. The topological polar surface area (TPSA) is 3.88 Å². The van der Waals surface area contributed by atoms with E-state index in [2.05, 4.69) is 88.7 Å². The van der Waals surface area contributed by atoms with Crippen LogP contribution in [0.2, 0.25) is 0 Å². The van der Waals surface area contributed by atoms with Gasteiger partial charge in [-0.1, -0.05) is 44.5 Å². The van der Waals surface area contributed by atoms with Gasteiger partial charge in [-0.15, -0.1) is 0 Å². The van der Waals surface area contributed by atoms with E-state index in [1.807, 2.05) is 0 Å². The Bertz CT molecular complexity index is 1110. The molecule has 1 saturated carbocycles. The third kappa shape index (κ3) is 1.98. The van der Waals surface area contributed by atoms with Crippen molar-refractivity contribution in [3.63, 3.8) is 0 Å². The molecule has 1 nitrogen and oxygen atoms in total. The first-order valence-corrected chi connectivity index (χ1v) is 10.4. The highest BCUT2D eigenvalue weighted by atomic mass is 15.1. The molecule has 0 bridgehead atoms. The van der Waals surface area contributed by atoms with Crippen molar-refractivity contribution >= 4 is 10.8 Å². The van der Waals surface area contributed by atoms with Gasteiger partial charge in [-0.25, -0.2) is 0 Å². The first kappa shape index (κ1) is 17.0. The first-order chi connectivity index (χ1) is 12.8. The SMILES string of the molecule is CCC12CC1(C)[n+]1ccc3ccc(C(C)C)cc3c1-c1cc(C)cc(C)c12. The largest absolute Gasteiger partial charge is 0.221 e. The lowest BCUT2D eigenvalue weighted by molar-refractivity contribution is -0.730. The summed E-state index contributed by atoms with van der Waals surface area (Å²) >= 11 is 0. The van der Waals surface area contributed by atoms with Crippen molar-refractivity contribution in [2.24, 2.45) is 0 Å². The molecular formula is C26H30N+. The molecule has 27 heavy (non-hydrogen) atoms. The molecule has 1 aromatic heterocycles. The summed E-state index contributed by atoms with van der Waals surface area (Å²) in [7, 11) is 0. The molecule has 0 N–H and O–H groups in total. The van der Waals surface area contributed by atoms with E-state index in [1.54, 1.807) is 5.56 Å². The van der Waals surface area contributed by atoms with Gasteiger partial charge in [0.05, 0.1) is 16.4 Å². The molecular weight excluding hydrogens is 326 g/mol. The number of nitrogens with zero attached hydrogens (tertiary/aromatic N) is 1. The third-order valence-corrected chi connectivity index (χ3v) is 7.54. The van der Waals surface area contributed by atoms with Crippen LogP contribution in [0.5, 0.6) is 0 Å². The molecule has 2 aromatic carbocycles. The lowest BCUT2D eigenvalue weighted by Crippen LogP contribution is -2.53. The van der Waals surface area contributed by atoms with E-state index >= 15 is 0 Å². The van der Waals surface area contributed by atoms with Crippen LogP contribution in [0.1, 0.15) is 68.7 Å². The molecule has 1 fully saturated rings. The maximum atomic E-state index is 2.62. The van der Waals surface area contributed by atoms with E-state index in [0.29, 0.717) is 11.3 Å². The van der Waals surface area contributed by atoms with Crippen molar-refractivity contribution in [1.82, 2.24) is 0 Å². The van der Waals surface area contributed by atoms with E-state index in [-0.39, 0.29) is 5.54 Å². The van der Waals surface area contributed by atoms with Gasteiger partial charge in [-0.2, -0.15) is 4.57 Å². The van der Waals surface area contributed by atoms with E-state index in [9.17, 15) is 0 Å². The average molecular weight is 357 g/mol. The van der Waals surface area contributed by atoms with Crippen LogP contribution in [0.4, 0.5) is 0 Å². The Morgan fingerprint density at radius 2 is 1.85 bits per heavy atom. The van der Waals surface area contributed by atoms with Crippen molar-refractivity contribution in [3.05, 3.63) is 64.8 Å². The van der Waals surface area contributed by atoms with Crippen LogP contribution >= 0.6 is 0 Å². The molecule has 1 heteroatoms. The minimum Gasteiger partial charge on any atom is -0.192 e. The molecule has 2 aliphatic rings. The van der Waals surface area contributed by atoms with Crippen molar-refractivity contribution in [2.75, 3.05) is 0 Å². The highest BCUT2D eigenvalue weighted by Crippen LogP contribution is 2.66. The van der Waals surface area contributed by atoms with Gasteiger partial charge in [-0.3, -0.25) is 0 Å². The van der Waals surface area contributed by atoms with Gasteiger partial charge >= 0.3 is 0 Å². The molecule has 0 saturated heterocycles. The Hall–Kier alpha value is -2.15. The number of benzene rings is 2. The highest BCUT2D eigenvalue weighted by Gasteiger charge is 2.75. The molecule has 0 radical (unpaired) electrons. The summed E-state index contributed by atoms with van der Waals surface area (Å²) in [5, 5.41) is 2.76. The summed E-state index contributed by atoms with van der Waals surface area (Å²) in [6.45, 7) is 14.0. The van der Waals surface area contributed by atoms with Gasteiger partial charge in [0.2, 0.25) is 5.69 Å². The summed E-state index contributed by atoms with van der Waals surface area (Å²) in [5.74, 6) is 0.545. The summed E-state index contributed by atoms with van der Waals surface area (Å²) in [5.41, 5.74) is 9.27. The Labute approximate surface area is 163 Å². The van der Waals surface area contributed by atoms with E-state index in [4.69, 9.17) is 0 Å². The molecule has 1 aliphatic carbocycles. The number of pyridine rings is 1. The lowest BCUT2D eigenvalue weighted by atomic mass is 9.77. The maximum absolute atomic E-state index is 2.62. The zero-order chi connectivity index (χ0) is 19.1. The summed E-state index contributed by atoms with van der Waals surface area (Å²) in [6, 6.07) is 14.2. The summed E-state index contributed by atoms with van der Waals surface area (Å²) in [6.07, 6.45) is 4.81. The minimum atomic E-state index is 0.201.